The summed E-state index contributed by atoms with van der Waals surface area (Å²) in [5.41, 5.74) is 1.70. The van der Waals surface area contributed by atoms with E-state index in [1.54, 1.807) is 45.0 Å². The summed E-state index contributed by atoms with van der Waals surface area (Å²) in [4.78, 5) is 12.9. The predicted octanol–water partition coefficient (Wildman–Crippen LogP) is 5.87. The molecule has 0 radical (unpaired) electrons. The van der Waals surface area contributed by atoms with Gasteiger partial charge < -0.3 is 10.1 Å². The number of hydrogen-bond acceptors (Lipinski definition) is 4. The molecule has 0 heterocycles. The van der Waals surface area contributed by atoms with E-state index in [0.717, 1.165) is 11.1 Å². The lowest BCUT2D eigenvalue weighted by Crippen LogP contribution is -2.42. The van der Waals surface area contributed by atoms with Crippen LogP contribution in [-0.4, -0.2) is 20.1 Å². The topological polar surface area (TPSA) is 84.5 Å². The number of hydrogen-bond donors (Lipinski definition) is 2. The highest BCUT2D eigenvalue weighted by Gasteiger charge is 2.32. The lowest BCUT2D eigenvalue weighted by molar-refractivity contribution is 0.0493. The summed E-state index contributed by atoms with van der Waals surface area (Å²) < 4.78 is 35.1. The molecule has 3 rings (SSSR count). The lowest BCUT2D eigenvalue weighted by atomic mass is 9.94. The number of carbonyl (C=O) groups excluding carboxylic acids is 1. The van der Waals surface area contributed by atoms with Crippen molar-refractivity contribution in [1.29, 1.82) is 0 Å². The van der Waals surface area contributed by atoms with Crippen LogP contribution in [0.15, 0.2) is 89.8 Å². The smallest absolute Gasteiger partial charge is 0.408 e. The number of alkyl halides is 1. The molecule has 0 aliphatic carbocycles. The van der Waals surface area contributed by atoms with E-state index in [4.69, 9.17) is 4.74 Å². The third-order valence-corrected chi connectivity index (χ3v) is 7.10. The van der Waals surface area contributed by atoms with Gasteiger partial charge in [0.15, 0.2) is 0 Å². The molecule has 0 fully saturated rings. The van der Waals surface area contributed by atoms with Crippen molar-refractivity contribution in [2.24, 2.45) is 0 Å². The van der Waals surface area contributed by atoms with Crippen LogP contribution in [-0.2, 0) is 20.1 Å². The second-order valence-corrected chi connectivity index (χ2v) is 11.1. The first-order valence-electron chi connectivity index (χ1n) is 10.9. The Balaban J connectivity index is 2.04. The molecule has 3 aromatic carbocycles. The maximum Gasteiger partial charge on any atom is 0.408 e. The van der Waals surface area contributed by atoms with Gasteiger partial charge >= 0.3 is 6.09 Å². The summed E-state index contributed by atoms with van der Waals surface area (Å²) in [5.74, 6) is 0. The maximum atomic E-state index is 13.4. The molecule has 0 aromatic heterocycles. The minimum absolute atomic E-state index is 0.141. The molecule has 0 aliphatic rings. The number of sulfonamides is 1. The molecule has 3 aromatic rings. The van der Waals surface area contributed by atoms with Crippen molar-refractivity contribution < 1.29 is 17.9 Å². The highest BCUT2D eigenvalue weighted by Crippen LogP contribution is 2.31. The van der Waals surface area contributed by atoms with Crippen molar-refractivity contribution in [2.45, 2.75) is 48.7 Å². The summed E-state index contributed by atoms with van der Waals surface area (Å²) in [5, 5.41) is 3.51. The van der Waals surface area contributed by atoms with E-state index in [1.807, 2.05) is 60.7 Å². The Morgan fingerprint density at radius 3 is 1.82 bits per heavy atom. The molecule has 0 bridgehead atoms. The summed E-state index contributed by atoms with van der Waals surface area (Å²) in [7, 11) is -3.91. The SMILES string of the molecule is CC(C)(C)OC(=O)N[C@@H](c1ccccc1)[C@@H](NS(=O)(=O)c1ccc(CBr)cc1)c1ccccc1. The van der Waals surface area contributed by atoms with Gasteiger partial charge in [0.05, 0.1) is 17.0 Å². The van der Waals surface area contributed by atoms with Crippen LogP contribution in [0.4, 0.5) is 4.79 Å². The molecule has 0 saturated carbocycles. The van der Waals surface area contributed by atoms with Crippen molar-refractivity contribution in [2.75, 3.05) is 0 Å². The second-order valence-electron chi connectivity index (χ2n) is 8.82. The Morgan fingerprint density at radius 2 is 1.35 bits per heavy atom. The van der Waals surface area contributed by atoms with Gasteiger partial charge in [-0.05, 0) is 49.6 Å². The van der Waals surface area contributed by atoms with Crippen LogP contribution in [0.2, 0.25) is 0 Å². The molecule has 34 heavy (non-hydrogen) atoms. The third kappa shape index (κ3) is 7.16. The molecule has 8 heteroatoms. The zero-order valence-electron chi connectivity index (χ0n) is 19.4. The summed E-state index contributed by atoms with van der Waals surface area (Å²) >= 11 is 3.37. The van der Waals surface area contributed by atoms with Gasteiger partial charge in [0.1, 0.15) is 5.60 Å². The number of benzene rings is 3. The Labute approximate surface area is 209 Å². The maximum absolute atomic E-state index is 13.4. The van der Waals surface area contributed by atoms with Gasteiger partial charge in [-0.2, -0.15) is 0 Å². The first-order chi connectivity index (χ1) is 16.1. The van der Waals surface area contributed by atoms with Gasteiger partial charge in [0, 0.05) is 5.33 Å². The van der Waals surface area contributed by atoms with Crippen molar-refractivity contribution >= 4 is 32.0 Å². The van der Waals surface area contributed by atoms with Gasteiger partial charge in [-0.1, -0.05) is 88.7 Å². The van der Waals surface area contributed by atoms with E-state index >= 15 is 0 Å². The van der Waals surface area contributed by atoms with Crippen LogP contribution in [0, 0.1) is 0 Å². The van der Waals surface area contributed by atoms with E-state index in [2.05, 4.69) is 26.0 Å². The van der Waals surface area contributed by atoms with Gasteiger partial charge in [-0.15, -0.1) is 0 Å². The van der Waals surface area contributed by atoms with Gasteiger partial charge in [-0.3, -0.25) is 0 Å². The molecular formula is C26H29BrN2O4S. The molecule has 180 valence electrons. The number of halogens is 1. The van der Waals surface area contributed by atoms with Crippen LogP contribution in [0.3, 0.4) is 0 Å². The Kier molecular flexibility index (Phi) is 8.52. The van der Waals surface area contributed by atoms with Crippen LogP contribution in [0.1, 0.15) is 49.5 Å². The van der Waals surface area contributed by atoms with Crippen LogP contribution in [0.25, 0.3) is 0 Å². The molecule has 2 N–H and O–H groups in total. The van der Waals surface area contributed by atoms with Gasteiger partial charge in [-0.25, -0.2) is 17.9 Å². The Hall–Kier alpha value is -2.68. The molecule has 1 amide bonds. The first-order valence-corrected chi connectivity index (χ1v) is 13.5. The normalized spacial score (nSPS) is 13.6. The fourth-order valence-electron chi connectivity index (χ4n) is 3.44. The summed E-state index contributed by atoms with van der Waals surface area (Å²) in [6, 6.07) is 23.5. The van der Waals surface area contributed by atoms with Crippen molar-refractivity contribution in [3.63, 3.8) is 0 Å². The fourth-order valence-corrected chi connectivity index (χ4v) is 5.05. The zero-order chi connectivity index (χ0) is 24.8. The zero-order valence-corrected chi connectivity index (χ0v) is 21.8. The lowest BCUT2D eigenvalue weighted by Gasteiger charge is -2.30. The number of nitrogens with one attached hydrogen (secondary N) is 2. The highest BCUT2D eigenvalue weighted by atomic mass is 79.9. The van der Waals surface area contributed by atoms with Crippen molar-refractivity contribution in [3.05, 3.63) is 102 Å². The van der Waals surface area contributed by atoms with Crippen molar-refractivity contribution in [3.8, 4) is 0 Å². The average Bonchev–Trinajstić information content (AvgIpc) is 2.81. The molecular weight excluding hydrogens is 516 g/mol. The van der Waals surface area contributed by atoms with E-state index in [1.165, 1.54) is 0 Å². The summed E-state index contributed by atoms with van der Waals surface area (Å²) in [6.45, 7) is 5.33. The first kappa shape index (κ1) is 25.9. The molecule has 0 aliphatic heterocycles. The Morgan fingerprint density at radius 1 is 0.853 bits per heavy atom. The summed E-state index contributed by atoms with van der Waals surface area (Å²) in [6.07, 6.45) is -0.636. The van der Waals surface area contributed by atoms with E-state index in [-0.39, 0.29) is 4.90 Å². The predicted molar refractivity (Wildman–Crippen MR) is 137 cm³/mol. The molecule has 6 nitrogen and oxygen atoms in total. The molecule has 0 saturated heterocycles. The largest absolute Gasteiger partial charge is 0.444 e. The highest BCUT2D eigenvalue weighted by molar-refractivity contribution is 9.08. The average molecular weight is 545 g/mol. The van der Waals surface area contributed by atoms with E-state index in [9.17, 15) is 13.2 Å². The van der Waals surface area contributed by atoms with Crippen LogP contribution >= 0.6 is 15.9 Å². The second kappa shape index (κ2) is 11.2. The Bertz CT molecular complexity index is 1180. The fraction of sp³-hybridized carbons (Fsp3) is 0.269. The van der Waals surface area contributed by atoms with Crippen molar-refractivity contribution in [1.82, 2.24) is 10.0 Å². The number of rotatable bonds is 8. The van der Waals surface area contributed by atoms with Gasteiger partial charge in [0.25, 0.3) is 0 Å². The number of amides is 1. The van der Waals surface area contributed by atoms with Gasteiger partial charge in [0.2, 0.25) is 10.0 Å². The minimum Gasteiger partial charge on any atom is -0.444 e. The number of carbonyl (C=O) groups is 1. The monoisotopic (exact) mass is 544 g/mol. The van der Waals surface area contributed by atoms with E-state index < -0.39 is 33.8 Å². The minimum atomic E-state index is -3.91. The third-order valence-electron chi connectivity index (χ3n) is 4.99. The molecule has 0 spiro atoms. The van der Waals surface area contributed by atoms with E-state index in [0.29, 0.717) is 10.9 Å². The standard InChI is InChI=1S/C26H29BrN2O4S/c1-26(2,3)33-25(30)28-23(20-10-6-4-7-11-20)24(21-12-8-5-9-13-21)29-34(31,32)22-16-14-19(18-27)15-17-22/h4-17,23-24,29H,18H2,1-3H3,(H,28,30)/t23-,24-/m0/s1. The molecule has 0 unspecified atom stereocenters. The quantitative estimate of drug-likeness (QED) is 0.347. The van der Waals surface area contributed by atoms with Crippen LogP contribution in [0.5, 0.6) is 0 Å². The molecule has 2 atom stereocenters. The van der Waals surface area contributed by atoms with Crippen LogP contribution < -0.4 is 10.0 Å². The number of ether oxygens (including phenoxy) is 1. The number of alkyl carbamates (subject to hydrolysis) is 1.